The van der Waals surface area contributed by atoms with E-state index in [1.807, 2.05) is 0 Å². The lowest BCUT2D eigenvalue weighted by Crippen LogP contribution is -2.50. The molecule has 0 radical (unpaired) electrons. The summed E-state index contributed by atoms with van der Waals surface area (Å²) in [4.78, 5) is 28.1. The highest BCUT2D eigenvalue weighted by atomic mass is 19.1. The molecular formula is C16H17FN4O2. The van der Waals surface area contributed by atoms with E-state index >= 15 is 0 Å². The lowest BCUT2D eigenvalue weighted by Gasteiger charge is -2.34. The minimum Gasteiger partial charge on any atom is -0.335 e. The fourth-order valence-electron chi connectivity index (χ4n) is 2.60. The zero-order valence-electron chi connectivity index (χ0n) is 12.8. The first kappa shape index (κ1) is 15.2. The van der Waals surface area contributed by atoms with Crippen LogP contribution in [-0.4, -0.2) is 57.6 Å². The van der Waals surface area contributed by atoms with Gasteiger partial charge in [0.15, 0.2) is 0 Å². The van der Waals surface area contributed by atoms with E-state index in [1.165, 1.54) is 24.3 Å². The molecule has 120 valence electrons. The predicted octanol–water partition coefficient (Wildman–Crippen LogP) is 1.16. The molecule has 2 aromatic rings. The van der Waals surface area contributed by atoms with E-state index in [0.29, 0.717) is 37.3 Å². The van der Waals surface area contributed by atoms with Gasteiger partial charge in [-0.1, -0.05) is 0 Å². The number of hydrogen-bond donors (Lipinski definition) is 0. The van der Waals surface area contributed by atoms with Crippen LogP contribution in [0.5, 0.6) is 0 Å². The smallest absolute Gasteiger partial charge is 0.257 e. The molecule has 0 unspecified atom stereocenters. The van der Waals surface area contributed by atoms with E-state index in [1.54, 1.807) is 33.9 Å². The van der Waals surface area contributed by atoms with E-state index in [-0.39, 0.29) is 17.6 Å². The standard InChI is InChI=1S/C16H17FN4O2/c1-19-11-13(10-18-19)16(23)21-8-6-20(7-9-21)15(22)12-2-4-14(17)5-3-12/h2-5,10-11H,6-9H2,1H3. The summed E-state index contributed by atoms with van der Waals surface area (Å²) >= 11 is 0. The maximum absolute atomic E-state index is 12.9. The van der Waals surface area contributed by atoms with Crippen LogP contribution in [0.2, 0.25) is 0 Å². The van der Waals surface area contributed by atoms with Crippen molar-refractivity contribution in [1.29, 1.82) is 0 Å². The van der Waals surface area contributed by atoms with Gasteiger partial charge in [-0.3, -0.25) is 14.3 Å². The van der Waals surface area contributed by atoms with Crippen molar-refractivity contribution in [2.24, 2.45) is 7.05 Å². The summed E-state index contributed by atoms with van der Waals surface area (Å²) in [6.45, 7) is 1.87. The van der Waals surface area contributed by atoms with Crippen molar-refractivity contribution in [1.82, 2.24) is 19.6 Å². The molecule has 2 amide bonds. The molecule has 3 rings (SSSR count). The van der Waals surface area contributed by atoms with Gasteiger partial charge in [-0.15, -0.1) is 0 Å². The summed E-state index contributed by atoms with van der Waals surface area (Å²) in [5.41, 5.74) is 1.00. The van der Waals surface area contributed by atoms with Gasteiger partial charge in [0.2, 0.25) is 0 Å². The Morgan fingerprint density at radius 3 is 1.96 bits per heavy atom. The number of rotatable bonds is 2. The van der Waals surface area contributed by atoms with Gasteiger partial charge in [0, 0.05) is 45.0 Å². The number of hydrogen-bond acceptors (Lipinski definition) is 3. The van der Waals surface area contributed by atoms with Crippen molar-refractivity contribution in [2.45, 2.75) is 0 Å². The van der Waals surface area contributed by atoms with Crippen molar-refractivity contribution >= 4 is 11.8 Å². The highest BCUT2D eigenvalue weighted by molar-refractivity contribution is 5.95. The second kappa shape index (κ2) is 6.20. The molecule has 1 aliphatic heterocycles. The van der Waals surface area contributed by atoms with Crippen LogP contribution >= 0.6 is 0 Å². The van der Waals surface area contributed by atoms with Crippen molar-refractivity contribution in [2.75, 3.05) is 26.2 Å². The fourth-order valence-corrected chi connectivity index (χ4v) is 2.60. The number of amides is 2. The molecule has 0 aliphatic carbocycles. The maximum Gasteiger partial charge on any atom is 0.257 e. The highest BCUT2D eigenvalue weighted by Crippen LogP contribution is 2.12. The molecule has 2 heterocycles. The molecule has 0 bridgehead atoms. The third-order valence-corrected chi connectivity index (χ3v) is 3.90. The Morgan fingerprint density at radius 2 is 1.48 bits per heavy atom. The molecule has 0 N–H and O–H groups in total. The van der Waals surface area contributed by atoms with Crippen molar-refractivity contribution in [3.05, 3.63) is 53.6 Å². The summed E-state index contributed by atoms with van der Waals surface area (Å²) in [5, 5.41) is 4.00. The monoisotopic (exact) mass is 316 g/mol. The molecule has 1 aromatic carbocycles. The first-order chi connectivity index (χ1) is 11.0. The maximum atomic E-state index is 12.9. The number of aryl methyl sites for hydroxylation is 1. The summed E-state index contributed by atoms with van der Waals surface area (Å²) in [7, 11) is 1.76. The Kier molecular flexibility index (Phi) is 4.10. The average molecular weight is 316 g/mol. The molecule has 0 spiro atoms. The van der Waals surface area contributed by atoms with Gasteiger partial charge in [-0.25, -0.2) is 4.39 Å². The van der Waals surface area contributed by atoms with Gasteiger partial charge < -0.3 is 9.80 Å². The second-order valence-electron chi connectivity index (χ2n) is 5.49. The van der Waals surface area contributed by atoms with Gasteiger partial charge >= 0.3 is 0 Å². The van der Waals surface area contributed by atoms with E-state index in [2.05, 4.69) is 5.10 Å². The number of benzene rings is 1. The number of nitrogens with zero attached hydrogens (tertiary/aromatic N) is 4. The zero-order valence-corrected chi connectivity index (χ0v) is 12.8. The third-order valence-electron chi connectivity index (χ3n) is 3.90. The highest BCUT2D eigenvalue weighted by Gasteiger charge is 2.26. The predicted molar refractivity (Wildman–Crippen MR) is 81.4 cm³/mol. The fraction of sp³-hybridized carbons (Fsp3) is 0.312. The summed E-state index contributed by atoms with van der Waals surface area (Å²) in [5.74, 6) is -0.584. The van der Waals surface area contributed by atoms with Crippen molar-refractivity contribution < 1.29 is 14.0 Å². The number of carbonyl (C=O) groups excluding carboxylic acids is 2. The molecule has 0 saturated carbocycles. The number of aromatic nitrogens is 2. The largest absolute Gasteiger partial charge is 0.335 e. The molecule has 1 aromatic heterocycles. The third kappa shape index (κ3) is 3.23. The van der Waals surface area contributed by atoms with E-state index in [0.717, 1.165) is 0 Å². The number of carbonyl (C=O) groups is 2. The topological polar surface area (TPSA) is 58.4 Å². The molecule has 7 heteroatoms. The van der Waals surface area contributed by atoms with E-state index in [9.17, 15) is 14.0 Å². The average Bonchev–Trinajstić information content (AvgIpc) is 3.01. The minimum atomic E-state index is -0.367. The van der Waals surface area contributed by atoms with Crippen LogP contribution in [0.4, 0.5) is 4.39 Å². The van der Waals surface area contributed by atoms with E-state index in [4.69, 9.17) is 0 Å². The molecule has 1 fully saturated rings. The van der Waals surface area contributed by atoms with Crippen LogP contribution in [-0.2, 0) is 7.05 Å². The number of halogens is 1. The minimum absolute atomic E-state index is 0.0769. The van der Waals surface area contributed by atoms with Crippen LogP contribution in [0.1, 0.15) is 20.7 Å². The van der Waals surface area contributed by atoms with Crippen LogP contribution in [0.15, 0.2) is 36.7 Å². The second-order valence-corrected chi connectivity index (χ2v) is 5.49. The summed E-state index contributed by atoms with van der Waals surface area (Å²) in [6, 6.07) is 5.50. The molecular weight excluding hydrogens is 299 g/mol. The van der Waals surface area contributed by atoms with Crippen molar-refractivity contribution in [3.8, 4) is 0 Å². The van der Waals surface area contributed by atoms with Gasteiger partial charge in [-0.2, -0.15) is 5.10 Å². The Bertz CT molecular complexity index is 718. The van der Waals surface area contributed by atoms with Gasteiger partial charge in [-0.05, 0) is 24.3 Å². The Morgan fingerprint density at radius 1 is 0.957 bits per heavy atom. The normalized spacial score (nSPS) is 14.9. The van der Waals surface area contributed by atoms with Crippen LogP contribution in [0.3, 0.4) is 0 Å². The van der Waals surface area contributed by atoms with Gasteiger partial charge in [0.25, 0.3) is 11.8 Å². The summed E-state index contributed by atoms with van der Waals surface area (Å²) < 4.78 is 14.5. The summed E-state index contributed by atoms with van der Waals surface area (Å²) in [6.07, 6.45) is 3.22. The number of piperazine rings is 1. The lowest BCUT2D eigenvalue weighted by molar-refractivity contribution is 0.0535. The molecule has 0 atom stereocenters. The first-order valence-corrected chi connectivity index (χ1v) is 7.37. The molecule has 1 saturated heterocycles. The quantitative estimate of drug-likeness (QED) is 0.835. The van der Waals surface area contributed by atoms with Crippen LogP contribution in [0.25, 0.3) is 0 Å². The van der Waals surface area contributed by atoms with Gasteiger partial charge in [0.1, 0.15) is 5.82 Å². The molecule has 6 nitrogen and oxygen atoms in total. The first-order valence-electron chi connectivity index (χ1n) is 7.37. The van der Waals surface area contributed by atoms with E-state index < -0.39 is 0 Å². The zero-order chi connectivity index (χ0) is 16.4. The Labute approximate surface area is 133 Å². The van der Waals surface area contributed by atoms with Gasteiger partial charge in [0.05, 0.1) is 11.8 Å². The lowest BCUT2D eigenvalue weighted by atomic mass is 10.1. The van der Waals surface area contributed by atoms with Crippen LogP contribution in [0, 0.1) is 5.82 Å². The SMILES string of the molecule is Cn1cc(C(=O)N2CCN(C(=O)c3ccc(F)cc3)CC2)cn1. The van der Waals surface area contributed by atoms with Crippen LogP contribution < -0.4 is 0 Å². The molecule has 1 aliphatic rings. The Hall–Kier alpha value is -2.70. The molecule has 23 heavy (non-hydrogen) atoms. The Balaban J connectivity index is 1.61. The van der Waals surface area contributed by atoms with Crippen molar-refractivity contribution in [3.63, 3.8) is 0 Å².